The molecule has 3 nitrogen and oxygen atoms in total. The van der Waals surface area contributed by atoms with E-state index in [4.69, 9.17) is 0 Å². The summed E-state index contributed by atoms with van der Waals surface area (Å²) in [5.74, 6) is -0.440. The molecule has 19 heavy (non-hydrogen) atoms. The highest BCUT2D eigenvalue weighted by Gasteiger charge is 2.33. The second-order valence-corrected chi connectivity index (χ2v) is 4.25. The first-order chi connectivity index (χ1) is 8.84. The lowest BCUT2D eigenvalue weighted by Gasteiger charge is -2.15. The molecule has 0 saturated heterocycles. The fourth-order valence-corrected chi connectivity index (χ4v) is 1.74. The largest absolute Gasteiger partial charge is 0.418 e. The molecule has 0 fully saturated rings. The number of alkyl halides is 3. The van der Waals surface area contributed by atoms with Crippen molar-refractivity contribution in [2.45, 2.75) is 32.5 Å². The number of carbonyl (C=O) groups excluding carboxylic acids is 1. The van der Waals surface area contributed by atoms with Crippen molar-refractivity contribution < 1.29 is 18.0 Å². The van der Waals surface area contributed by atoms with E-state index in [0.29, 0.717) is 6.54 Å². The van der Waals surface area contributed by atoms with Crippen LogP contribution in [-0.4, -0.2) is 18.5 Å². The van der Waals surface area contributed by atoms with Gasteiger partial charge in [0, 0.05) is 12.5 Å². The van der Waals surface area contributed by atoms with Crippen LogP contribution in [0.2, 0.25) is 0 Å². The van der Waals surface area contributed by atoms with E-state index < -0.39 is 17.6 Å². The average molecular weight is 274 g/mol. The van der Waals surface area contributed by atoms with Crippen molar-refractivity contribution in [3.8, 4) is 0 Å². The van der Waals surface area contributed by atoms with Gasteiger partial charge in [0.25, 0.3) is 0 Å². The van der Waals surface area contributed by atoms with Crippen molar-refractivity contribution in [2.75, 3.05) is 11.9 Å². The molecule has 0 radical (unpaired) electrons. The molecule has 1 atom stereocenters. The lowest BCUT2D eigenvalue weighted by atomic mass is 10.1. The second kappa shape index (κ2) is 6.56. The van der Waals surface area contributed by atoms with Gasteiger partial charge < -0.3 is 10.6 Å². The van der Waals surface area contributed by atoms with Crippen LogP contribution in [0.3, 0.4) is 0 Å². The Morgan fingerprint density at radius 3 is 2.53 bits per heavy atom. The van der Waals surface area contributed by atoms with Gasteiger partial charge in [-0.3, -0.25) is 4.79 Å². The summed E-state index contributed by atoms with van der Waals surface area (Å²) in [4.78, 5) is 11.7. The Morgan fingerprint density at radius 1 is 1.32 bits per heavy atom. The first-order valence-electron chi connectivity index (χ1n) is 6.04. The summed E-state index contributed by atoms with van der Waals surface area (Å²) < 4.78 is 38.2. The molecule has 1 amide bonds. The Kier molecular flexibility index (Phi) is 5.35. The minimum atomic E-state index is -4.48. The van der Waals surface area contributed by atoms with E-state index in [1.54, 1.807) is 6.92 Å². The van der Waals surface area contributed by atoms with Crippen LogP contribution in [0.1, 0.15) is 25.8 Å². The quantitative estimate of drug-likeness (QED) is 0.866. The highest BCUT2D eigenvalue weighted by atomic mass is 19.4. The summed E-state index contributed by atoms with van der Waals surface area (Å²) in [6.07, 6.45) is -4.35. The third kappa shape index (κ3) is 4.90. The zero-order chi connectivity index (χ0) is 14.5. The highest BCUT2D eigenvalue weighted by molar-refractivity contribution is 5.91. The van der Waals surface area contributed by atoms with Crippen LogP contribution in [0.15, 0.2) is 24.3 Å². The number of hydrogen-bond donors (Lipinski definition) is 2. The van der Waals surface area contributed by atoms with Crippen molar-refractivity contribution in [1.82, 2.24) is 5.32 Å². The van der Waals surface area contributed by atoms with Crippen LogP contribution in [0.5, 0.6) is 0 Å². The molecule has 1 aromatic rings. The maximum absolute atomic E-state index is 12.7. The lowest BCUT2D eigenvalue weighted by Crippen LogP contribution is -2.30. The number of hydrogen-bond acceptors (Lipinski definition) is 2. The van der Waals surface area contributed by atoms with Gasteiger partial charge in [-0.15, -0.1) is 0 Å². The van der Waals surface area contributed by atoms with Crippen LogP contribution in [0.25, 0.3) is 0 Å². The molecular weight excluding hydrogens is 257 g/mol. The van der Waals surface area contributed by atoms with Crippen molar-refractivity contribution in [2.24, 2.45) is 0 Å². The van der Waals surface area contributed by atoms with Crippen LogP contribution >= 0.6 is 0 Å². The summed E-state index contributed by atoms with van der Waals surface area (Å²) in [5.41, 5.74) is -1.04. The fourth-order valence-electron chi connectivity index (χ4n) is 1.74. The Hall–Kier alpha value is -1.56. The number of amides is 1. The standard InChI is InChI=1S/C13H17F3N2O/c1-3-17-9(2)8-12(19)18-11-7-5-4-6-10(11)13(14,15)16/h4-7,9,17H,3,8H2,1-2H3,(H,18,19). The zero-order valence-corrected chi connectivity index (χ0v) is 10.8. The molecule has 0 aromatic heterocycles. The van der Waals surface area contributed by atoms with Crippen LogP contribution in [-0.2, 0) is 11.0 Å². The van der Waals surface area contributed by atoms with Crippen molar-refractivity contribution in [3.05, 3.63) is 29.8 Å². The lowest BCUT2D eigenvalue weighted by molar-refractivity contribution is -0.137. The predicted octanol–water partition coefficient (Wildman–Crippen LogP) is 3.03. The highest BCUT2D eigenvalue weighted by Crippen LogP contribution is 2.34. The Labute approximate surface area is 110 Å². The Bertz CT molecular complexity index is 432. The van der Waals surface area contributed by atoms with Gasteiger partial charge >= 0.3 is 6.18 Å². The third-order valence-corrected chi connectivity index (χ3v) is 2.55. The molecule has 0 heterocycles. The van der Waals surface area contributed by atoms with Crippen molar-refractivity contribution in [3.63, 3.8) is 0 Å². The topological polar surface area (TPSA) is 41.1 Å². The van der Waals surface area contributed by atoms with Gasteiger partial charge in [-0.25, -0.2) is 0 Å². The number of carbonyl (C=O) groups is 1. The summed E-state index contributed by atoms with van der Waals surface area (Å²) in [5, 5.41) is 5.33. The number of nitrogens with one attached hydrogen (secondary N) is 2. The predicted molar refractivity (Wildman–Crippen MR) is 67.8 cm³/mol. The minimum Gasteiger partial charge on any atom is -0.325 e. The molecule has 2 N–H and O–H groups in total. The van der Waals surface area contributed by atoms with Gasteiger partial charge in [0.05, 0.1) is 11.3 Å². The normalized spacial score (nSPS) is 13.1. The first kappa shape index (κ1) is 15.5. The van der Waals surface area contributed by atoms with Crippen LogP contribution in [0.4, 0.5) is 18.9 Å². The minimum absolute atomic E-state index is 0.0805. The van der Waals surface area contributed by atoms with Gasteiger partial charge in [-0.2, -0.15) is 13.2 Å². The number of benzene rings is 1. The van der Waals surface area contributed by atoms with Gasteiger partial charge in [0.15, 0.2) is 0 Å². The van der Waals surface area contributed by atoms with E-state index in [2.05, 4.69) is 10.6 Å². The Morgan fingerprint density at radius 2 is 1.95 bits per heavy atom. The van der Waals surface area contributed by atoms with E-state index in [1.807, 2.05) is 6.92 Å². The monoisotopic (exact) mass is 274 g/mol. The van der Waals surface area contributed by atoms with Gasteiger partial charge in [0.2, 0.25) is 5.91 Å². The third-order valence-electron chi connectivity index (χ3n) is 2.55. The van der Waals surface area contributed by atoms with E-state index in [1.165, 1.54) is 18.2 Å². The molecule has 0 spiro atoms. The molecule has 106 valence electrons. The van der Waals surface area contributed by atoms with E-state index >= 15 is 0 Å². The SMILES string of the molecule is CCNC(C)CC(=O)Nc1ccccc1C(F)(F)F. The second-order valence-electron chi connectivity index (χ2n) is 4.25. The summed E-state index contributed by atoms with van der Waals surface area (Å²) in [7, 11) is 0. The van der Waals surface area contributed by atoms with Crippen LogP contribution in [0, 0.1) is 0 Å². The molecule has 6 heteroatoms. The molecule has 1 unspecified atom stereocenters. The zero-order valence-electron chi connectivity index (χ0n) is 10.8. The molecule has 0 aliphatic rings. The number of anilines is 1. The molecule has 0 saturated carbocycles. The first-order valence-corrected chi connectivity index (χ1v) is 6.04. The summed E-state index contributed by atoms with van der Waals surface area (Å²) in [6.45, 7) is 4.40. The van der Waals surface area contributed by atoms with E-state index in [9.17, 15) is 18.0 Å². The fraction of sp³-hybridized carbons (Fsp3) is 0.462. The van der Waals surface area contributed by atoms with Gasteiger partial charge in [-0.05, 0) is 25.6 Å². The molecule has 0 aliphatic carbocycles. The van der Waals surface area contributed by atoms with Gasteiger partial charge in [-0.1, -0.05) is 19.1 Å². The summed E-state index contributed by atoms with van der Waals surface area (Å²) in [6, 6.07) is 4.86. The van der Waals surface area contributed by atoms with Crippen molar-refractivity contribution >= 4 is 11.6 Å². The molecule has 1 rings (SSSR count). The van der Waals surface area contributed by atoms with Crippen LogP contribution < -0.4 is 10.6 Å². The maximum Gasteiger partial charge on any atom is 0.418 e. The molecule has 0 bridgehead atoms. The molecular formula is C13H17F3N2O. The molecule has 1 aromatic carbocycles. The molecule has 0 aliphatic heterocycles. The Balaban J connectivity index is 2.75. The average Bonchev–Trinajstić information content (AvgIpc) is 2.28. The van der Waals surface area contributed by atoms with Gasteiger partial charge in [0.1, 0.15) is 0 Å². The smallest absolute Gasteiger partial charge is 0.325 e. The number of para-hydroxylation sites is 1. The number of halogens is 3. The summed E-state index contributed by atoms with van der Waals surface area (Å²) >= 11 is 0. The van der Waals surface area contributed by atoms with E-state index in [0.717, 1.165) is 6.07 Å². The number of rotatable bonds is 5. The van der Waals surface area contributed by atoms with Crippen molar-refractivity contribution in [1.29, 1.82) is 0 Å². The maximum atomic E-state index is 12.7. The van der Waals surface area contributed by atoms with E-state index in [-0.39, 0.29) is 18.2 Å².